The van der Waals surface area contributed by atoms with Crippen LogP contribution >= 0.6 is 0 Å². The van der Waals surface area contributed by atoms with E-state index in [-0.39, 0.29) is 29.1 Å². The first kappa shape index (κ1) is 18.8. The molecule has 0 fully saturated rings. The molecule has 5 N–H and O–H groups in total. The average Bonchev–Trinajstić information content (AvgIpc) is 2.69. The van der Waals surface area contributed by atoms with Crippen molar-refractivity contribution in [2.45, 2.75) is 0 Å². The number of hydrogen-bond acceptors (Lipinski definition) is 6. The number of nitrogens with two attached hydrogens (primary N) is 1. The fourth-order valence-electron chi connectivity index (χ4n) is 2.39. The van der Waals surface area contributed by atoms with E-state index < -0.39 is 5.91 Å². The molecule has 0 aliphatic rings. The topological polar surface area (TPSA) is 122 Å². The minimum Gasteiger partial charge on any atom is -0.366 e. The summed E-state index contributed by atoms with van der Waals surface area (Å²) in [6, 6.07) is 12.2. The molecule has 28 heavy (non-hydrogen) atoms. The van der Waals surface area contributed by atoms with Crippen molar-refractivity contribution < 1.29 is 14.0 Å². The van der Waals surface area contributed by atoms with E-state index in [0.717, 1.165) is 0 Å². The monoisotopic (exact) mass is 380 g/mol. The maximum atomic E-state index is 13.1. The number of rotatable bonds is 6. The van der Waals surface area contributed by atoms with Crippen molar-refractivity contribution in [2.75, 3.05) is 17.7 Å². The number of benzene rings is 2. The molecule has 2 amide bonds. The SMILES string of the molecule is CNC(=O)c1cnc(Nc2ccc(F)cc2)nc1Nc1cccc(C(N)=O)c1. The van der Waals surface area contributed by atoms with Crippen molar-refractivity contribution in [1.82, 2.24) is 15.3 Å². The van der Waals surface area contributed by atoms with Crippen molar-refractivity contribution in [3.05, 3.63) is 71.7 Å². The molecule has 0 bridgehead atoms. The highest BCUT2D eigenvalue weighted by Gasteiger charge is 2.15. The number of primary amides is 1. The number of aromatic nitrogens is 2. The quantitative estimate of drug-likeness (QED) is 0.521. The lowest BCUT2D eigenvalue weighted by Crippen LogP contribution is -2.20. The van der Waals surface area contributed by atoms with Crippen LogP contribution in [-0.4, -0.2) is 28.8 Å². The minimum atomic E-state index is -0.573. The number of halogens is 1. The zero-order chi connectivity index (χ0) is 20.1. The molecule has 3 rings (SSSR count). The van der Waals surface area contributed by atoms with Gasteiger partial charge in [-0.2, -0.15) is 4.98 Å². The van der Waals surface area contributed by atoms with Gasteiger partial charge in [0, 0.05) is 30.2 Å². The molecule has 9 heteroatoms. The lowest BCUT2D eigenvalue weighted by molar-refractivity contribution is 0.0961. The lowest BCUT2D eigenvalue weighted by atomic mass is 10.2. The molecule has 1 heterocycles. The smallest absolute Gasteiger partial charge is 0.256 e. The number of anilines is 4. The summed E-state index contributed by atoms with van der Waals surface area (Å²) in [5, 5.41) is 8.45. The van der Waals surface area contributed by atoms with Crippen LogP contribution in [0.1, 0.15) is 20.7 Å². The van der Waals surface area contributed by atoms with Gasteiger partial charge in [0.1, 0.15) is 17.2 Å². The first-order valence-corrected chi connectivity index (χ1v) is 8.25. The molecule has 0 unspecified atom stereocenters. The summed E-state index contributed by atoms with van der Waals surface area (Å²) in [5.41, 5.74) is 6.92. The van der Waals surface area contributed by atoms with Gasteiger partial charge < -0.3 is 21.7 Å². The van der Waals surface area contributed by atoms with Gasteiger partial charge >= 0.3 is 0 Å². The van der Waals surface area contributed by atoms with Crippen LogP contribution in [0.15, 0.2) is 54.7 Å². The summed E-state index contributed by atoms with van der Waals surface area (Å²) in [5.74, 6) is -0.898. The first-order valence-electron chi connectivity index (χ1n) is 8.25. The zero-order valence-corrected chi connectivity index (χ0v) is 14.9. The first-order chi connectivity index (χ1) is 13.5. The average molecular weight is 380 g/mol. The summed E-state index contributed by atoms with van der Waals surface area (Å²) in [7, 11) is 1.49. The maximum absolute atomic E-state index is 13.1. The van der Waals surface area contributed by atoms with E-state index in [0.29, 0.717) is 16.9 Å². The molecule has 0 saturated carbocycles. The van der Waals surface area contributed by atoms with Gasteiger partial charge in [-0.25, -0.2) is 9.37 Å². The largest absolute Gasteiger partial charge is 0.366 e. The van der Waals surface area contributed by atoms with Crippen LogP contribution in [0.5, 0.6) is 0 Å². The Morgan fingerprint density at radius 2 is 1.79 bits per heavy atom. The van der Waals surface area contributed by atoms with Gasteiger partial charge in [0.05, 0.1) is 0 Å². The Bertz CT molecular complexity index is 1020. The highest BCUT2D eigenvalue weighted by atomic mass is 19.1. The predicted octanol–water partition coefficient (Wildman–Crippen LogP) is 2.56. The molecule has 0 radical (unpaired) electrons. The van der Waals surface area contributed by atoms with Crippen LogP contribution in [0.25, 0.3) is 0 Å². The molecule has 8 nitrogen and oxygen atoms in total. The Morgan fingerprint density at radius 3 is 2.46 bits per heavy atom. The molecule has 0 aliphatic carbocycles. The summed E-state index contributed by atoms with van der Waals surface area (Å²) in [6.45, 7) is 0. The van der Waals surface area contributed by atoms with E-state index >= 15 is 0 Å². The molecule has 0 spiro atoms. The van der Waals surface area contributed by atoms with E-state index in [1.165, 1.54) is 37.5 Å². The van der Waals surface area contributed by atoms with Gasteiger partial charge in [0.2, 0.25) is 11.9 Å². The zero-order valence-electron chi connectivity index (χ0n) is 14.9. The van der Waals surface area contributed by atoms with E-state index in [1.54, 1.807) is 24.3 Å². The Balaban J connectivity index is 1.94. The van der Waals surface area contributed by atoms with Crippen LogP contribution in [0.2, 0.25) is 0 Å². The van der Waals surface area contributed by atoms with Gasteiger partial charge in [-0.15, -0.1) is 0 Å². The number of hydrogen-bond donors (Lipinski definition) is 4. The third-order valence-corrected chi connectivity index (χ3v) is 3.77. The normalized spacial score (nSPS) is 10.2. The number of carbonyl (C=O) groups excluding carboxylic acids is 2. The molecule has 0 aliphatic heterocycles. The fraction of sp³-hybridized carbons (Fsp3) is 0.0526. The number of carbonyl (C=O) groups is 2. The fourth-order valence-corrected chi connectivity index (χ4v) is 2.39. The second-order valence-corrected chi connectivity index (χ2v) is 5.74. The van der Waals surface area contributed by atoms with Gasteiger partial charge in [-0.3, -0.25) is 9.59 Å². The van der Waals surface area contributed by atoms with Gasteiger partial charge in [-0.1, -0.05) is 6.07 Å². The van der Waals surface area contributed by atoms with Crippen molar-refractivity contribution >= 4 is 35.0 Å². The second kappa shape index (κ2) is 8.12. The number of nitrogens with zero attached hydrogens (tertiary/aromatic N) is 2. The molecule has 2 aromatic carbocycles. The minimum absolute atomic E-state index is 0.202. The number of amides is 2. The Kier molecular flexibility index (Phi) is 5.45. The highest BCUT2D eigenvalue weighted by Crippen LogP contribution is 2.22. The van der Waals surface area contributed by atoms with Crippen LogP contribution < -0.4 is 21.7 Å². The van der Waals surface area contributed by atoms with Crippen molar-refractivity contribution in [1.29, 1.82) is 0 Å². The number of nitrogens with one attached hydrogen (secondary N) is 3. The van der Waals surface area contributed by atoms with Crippen molar-refractivity contribution in [3.8, 4) is 0 Å². The predicted molar refractivity (Wildman–Crippen MR) is 103 cm³/mol. The molecule has 3 aromatic rings. The summed E-state index contributed by atoms with van der Waals surface area (Å²) < 4.78 is 13.1. The van der Waals surface area contributed by atoms with E-state index in [9.17, 15) is 14.0 Å². The van der Waals surface area contributed by atoms with E-state index in [4.69, 9.17) is 5.73 Å². The van der Waals surface area contributed by atoms with Crippen LogP contribution in [-0.2, 0) is 0 Å². The lowest BCUT2D eigenvalue weighted by Gasteiger charge is -2.13. The molecule has 0 saturated heterocycles. The maximum Gasteiger partial charge on any atom is 0.256 e. The molecule has 0 atom stereocenters. The van der Waals surface area contributed by atoms with Gasteiger partial charge in [0.25, 0.3) is 5.91 Å². The summed E-state index contributed by atoms with van der Waals surface area (Å²) in [4.78, 5) is 32.0. The second-order valence-electron chi connectivity index (χ2n) is 5.74. The van der Waals surface area contributed by atoms with Gasteiger partial charge in [0.15, 0.2) is 0 Å². The highest BCUT2D eigenvalue weighted by molar-refractivity contribution is 5.99. The summed E-state index contributed by atoms with van der Waals surface area (Å²) >= 11 is 0. The third-order valence-electron chi connectivity index (χ3n) is 3.77. The van der Waals surface area contributed by atoms with Crippen molar-refractivity contribution in [2.24, 2.45) is 5.73 Å². The molecule has 1 aromatic heterocycles. The van der Waals surface area contributed by atoms with Crippen LogP contribution in [0.4, 0.5) is 27.5 Å². The third kappa shape index (κ3) is 4.39. The van der Waals surface area contributed by atoms with E-state index in [2.05, 4.69) is 25.9 Å². The molecule has 142 valence electrons. The Hall–Kier alpha value is -4.01. The van der Waals surface area contributed by atoms with E-state index in [1.807, 2.05) is 0 Å². The van der Waals surface area contributed by atoms with Crippen molar-refractivity contribution in [3.63, 3.8) is 0 Å². The Labute approximate surface area is 160 Å². The summed E-state index contributed by atoms with van der Waals surface area (Å²) in [6.07, 6.45) is 1.36. The van der Waals surface area contributed by atoms with Gasteiger partial charge in [-0.05, 0) is 42.5 Å². The Morgan fingerprint density at radius 1 is 1.04 bits per heavy atom. The standard InChI is InChI=1S/C19H17FN6O2/c1-22-18(28)15-10-23-19(25-13-7-5-12(20)6-8-13)26-17(15)24-14-4-2-3-11(9-14)16(21)27/h2-10H,1H3,(H2,21,27)(H,22,28)(H2,23,24,25,26). The molecular weight excluding hydrogens is 363 g/mol. The van der Waals surface area contributed by atoms with Crippen LogP contribution in [0.3, 0.4) is 0 Å². The van der Waals surface area contributed by atoms with Crippen LogP contribution in [0, 0.1) is 5.82 Å². The molecular formula is C19H17FN6O2.